The molecular formula is C11H21BO. The highest BCUT2D eigenvalue weighted by Crippen LogP contribution is 2.56. The van der Waals surface area contributed by atoms with Crippen LogP contribution >= 0.6 is 0 Å². The highest BCUT2D eigenvalue weighted by molar-refractivity contribution is 6.11. The van der Waals surface area contributed by atoms with Gasteiger partial charge in [-0.25, -0.2) is 0 Å². The fourth-order valence-electron chi connectivity index (χ4n) is 3.58. The number of hydrogen-bond donors (Lipinski definition) is 0. The summed E-state index contributed by atoms with van der Waals surface area (Å²) >= 11 is 0. The van der Waals surface area contributed by atoms with E-state index in [1.807, 2.05) is 0 Å². The van der Waals surface area contributed by atoms with Gasteiger partial charge in [0, 0.05) is 6.00 Å². The third kappa shape index (κ3) is 1.26. The standard InChI is InChI=1S/C11H21BO/c1-3-6-11-7-5-9(11)8(4-2)10(12)13-11/h8-10H,3-7,12H2,1-2H3. The van der Waals surface area contributed by atoms with Crippen molar-refractivity contribution >= 4 is 7.85 Å². The minimum Gasteiger partial charge on any atom is -0.380 e. The SMILES string of the molecule is BC1OC2(CCC)CCC2C1CC. The van der Waals surface area contributed by atoms with Gasteiger partial charge in [0.2, 0.25) is 0 Å². The van der Waals surface area contributed by atoms with Crippen LogP contribution in [0.25, 0.3) is 0 Å². The molecule has 2 fully saturated rings. The Bertz CT molecular complexity index is 195. The summed E-state index contributed by atoms with van der Waals surface area (Å²) in [5.74, 6) is 1.74. The van der Waals surface area contributed by atoms with E-state index in [9.17, 15) is 0 Å². The monoisotopic (exact) mass is 180 g/mol. The van der Waals surface area contributed by atoms with Crippen LogP contribution < -0.4 is 0 Å². The quantitative estimate of drug-likeness (QED) is 0.603. The van der Waals surface area contributed by atoms with Crippen molar-refractivity contribution in [3.8, 4) is 0 Å². The van der Waals surface area contributed by atoms with Gasteiger partial charge in [-0.15, -0.1) is 0 Å². The lowest BCUT2D eigenvalue weighted by atomic mass is 9.61. The highest BCUT2D eigenvalue weighted by atomic mass is 16.5. The van der Waals surface area contributed by atoms with Crippen molar-refractivity contribution in [1.29, 1.82) is 0 Å². The molecule has 1 heterocycles. The van der Waals surface area contributed by atoms with Gasteiger partial charge in [-0.05, 0) is 31.1 Å². The van der Waals surface area contributed by atoms with E-state index in [1.165, 1.54) is 32.1 Å². The van der Waals surface area contributed by atoms with Gasteiger partial charge in [-0.3, -0.25) is 0 Å². The van der Waals surface area contributed by atoms with Crippen LogP contribution in [-0.4, -0.2) is 19.5 Å². The van der Waals surface area contributed by atoms with Gasteiger partial charge in [0.15, 0.2) is 0 Å². The topological polar surface area (TPSA) is 9.23 Å². The molecule has 2 rings (SSSR count). The predicted molar refractivity (Wildman–Crippen MR) is 57.6 cm³/mol. The van der Waals surface area contributed by atoms with Crippen molar-refractivity contribution in [3.05, 3.63) is 0 Å². The second kappa shape index (κ2) is 3.31. The van der Waals surface area contributed by atoms with Crippen LogP contribution in [0, 0.1) is 11.8 Å². The van der Waals surface area contributed by atoms with Crippen molar-refractivity contribution in [2.45, 2.75) is 57.6 Å². The van der Waals surface area contributed by atoms with Gasteiger partial charge in [0.05, 0.1) is 5.60 Å². The highest BCUT2D eigenvalue weighted by Gasteiger charge is 2.57. The molecule has 1 aliphatic heterocycles. The average molecular weight is 180 g/mol. The van der Waals surface area contributed by atoms with E-state index in [0.29, 0.717) is 11.6 Å². The molecule has 74 valence electrons. The molecule has 2 heteroatoms. The van der Waals surface area contributed by atoms with Crippen LogP contribution in [0.2, 0.25) is 0 Å². The van der Waals surface area contributed by atoms with Crippen LogP contribution in [0.5, 0.6) is 0 Å². The normalized spacial score (nSPS) is 48.6. The molecule has 1 saturated carbocycles. The maximum atomic E-state index is 6.19. The fraction of sp³-hybridized carbons (Fsp3) is 1.00. The van der Waals surface area contributed by atoms with Crippen molar-refractivity contribution < 1.29 is 4.74 Å². The molecule has 0 spiro atoms. The zero-order chi connectivity index (χ0) is 9.47. The van der Waals surface area contributed by atoms with Crippen molar-refractivity contribution in [1.82, 2.24) is 0 Å². The summed E-state index contributed by atoms with van der Waals surface area (Å²) in [7, 11) is 2.27. The van der Waals surface area contributed by atoms with Crippen LogP contribution in [0.15, 0.2) is 0 Å². The maximum Gasteiger partial charge on any atom is 0.139 e. The Balaban J connectivity index is 2.08. The van der Waals surface area contributed by atoms with Gasteiger partial charge in [0.25, 0.3) is 0 Å². The van der Waals surface area contributed by atoms with E-state index in [-0.39, 0.29) is 0 Å². The molecule has 4 atom stereocenters. The van der Waals surface area contributed by atoms with Gasteiger partial charge in [0.1, 0.15) is 7.85 Å². The molecular weight excluding hydrogens is 159 g/mol. The van der Waals surface area contributed by atoms with E-state index >= 15 is 0 Å². The lowest BCUT2D eigenvalue weighted by Gasteiger charge is -2.45. The molecule has 1 aliphatic carbocycles. The Kier molecular flexibility index (Phi) is 2.44. The number of ether oxygens (including phenoxy) is 1. The van der Waals surface area contributed by atoms with E-state index < -0.39 is 0 Å². The summed E-state index contributed by atoms with van der Waals surface area (Å²) in [5, 5.41) is 0. The maximum absolute atomic E-state index is 6.19. The molecule has 13 heavy (non-hydrogen) atoms. The Hall–Kier alpha value is 0.0249. The largest absolute Gasteiger partial charge is 0.380 e. The molecule has 1 saturated heterocycles. The Morgan fingerprint density at radius 3 is 2.69 bits per heavy atom. The number of rotatable bonds is 3. The molecule has 0 aromatic carbocycles. The van der Waals surface area contributed by atoms with Crippen molar-refractivity contribution in [2.75, 3.05) is 0 Å². The molecule has 0 aromatic heterocycles. The van der Waals surface area contributed by atoms with Crippen LogP contribution in [0.1, 0.15) is 46.0 Å². The smallest absolute Gasteiger partial charge is 0.139 e. The molecule has 0 aromatic rings. The van der Waals surface area contributed by atoms with E-state index in [2.05, 4.69) is 21.7 Å². The third-order valence-corrected chi connectivity index (χ3v) is 4.24. The molecule has 2 aliphatic rings. The zero-order valence-electron chi connectivity index (χ0n) is 9.18. The summed E-state index contributed by atoms with van der Waals surface area (Å²) in [6.07, 6.45) is 6.62. The molecule has 0 N–H and O–H groups in total. The zero-order valence-corrected chi connectivity index (χ0v) is 9.18. The minimum absolute atomic E-state index is 0.328. The van der Waals surface area contributed by atoms with Gasteiger partial charge < -0.3 is 4.74 Å². The minimum atomic E-state index is 0.328. The van der Waals surface area contributed by atoms with E-state index in [1.54, 1.807) is 0 Å². The first-order chi connectivity index (χ1) is 6.23. The third-order valence-electron chi connectivity index (χ3n) is 4.24. The average Bonchev–Trinajstić information content (AvgIpc) is 2.26. The summed E-state index contributed by atoms with van der Waals surface area (Å²) in [4.78, 5) is 0. The molecule has 1 nitrogen and oxygen atoms in total. The fourth-order valence-corrected chi connectivity index (χ4v) is 3.58. The lowest BCUT2D eigenvalue weighted by Crippen LogP contribution is -2.45. The molecule has 0 radical (unpaired) electrons. The molecule has 0 amide bonds. The lowest BCUT2D eigenvalue weighted by molar-refractivity contribution is -0.0962. The van der Waals surface area contributed by atoms with Crippen LogP contribution in [0.3, 0.4) is 0 Å². The second-order valence-electron chi connectivity index (χ2n) is 4.86. The number of hydrogen-bond acceptors (Lipinski definition) is 1. The van der Waals surface area contributed by atoms with Gasteiger partial charge in [-0.2, -0.15) is 0 Å². The molecule has 0 bridgehead atoms. The Morgan fingerprint density at radius 1 is 1.46 bits per heavy atom. The Morgan fingerprint density at radius 2 is 2.23 bits per heavy atom. The predicted octanol–water partition coefficient (Wildman–Crippen LogP) is 1.95. The summed E-state index contributed by atoms with van der Waals surface area (Å²) in [5.41, 5.74) is 0.328. The first kappa shape index (κ1) is 9.58. The summed E-state index contributed by atoms with van der Waals surface area (Å²) in [6, 6.07) is 0.518. The summed E-state index contributed by atoms with van der Waals surface area (Å²) in [6.45, 7) is 4.59. The first-order valence-corrected chi connectivity index (χ1v) is 5.91. The number of fused-ring (bicyclic) bond motifs is 1. The van der Waals surface area contributed by atoms with Crippen molar-refractivity contribution in [2.24, 2.45) is 11.8 Å². The van der Waals surface area contributed by atoms with Crippen LogP contribution in [-0.2, 0) is 4.74 Å². The van der Waals surface area contributed by atoms with Gasteiger partial charge in [-0.1, -0.05) is 26.7 Å². The first-order valence-electron chi connectivity index (χ1n) is 5.91. The van der Waals surface area contributed by atoms with Crippen molar-refractivity contribution in [3.63, 3.8) is 0 Å². The van der Waals surface area contributed by atoms with Gasteiger partial charge >= 0.3 is 0 Å². The van der Waals surface area contributed by atoms with E-state index in [0.717, 1.165) is 11.8 Å². The Labute approximate surface area is 82.6 Å². The second-order valence-corrected chi connectivity index (χ2v) is 4.86. The van der Waals surface area contributed by atoms with E-state index in [4.69, 9.17) is 4.74 Å². The molecule has 4 unspecified atom stereocenters. The van der Waals surface area contributed by atoms with Crippen LogP contribution in [0.4, 0.5) is 0 Å². The summed E-state index contributed by atoms with van der Waals surface area (Å²) < 4.78 is 6.19.